The van der Waals surface area contributed by atoms with Gasteiger partial charge in [-0.2, -0.15) is 0 Å². The molecular weight excluding hydrogens is 350 g/mol. The highest BCUT2D eigenvalue weighted by molar-refractivity contribution is 8.14. The number of thioether (sulfide) groups is 1. The minimum atomic E-state index is 0.597. The number of nitrogens with zero attached hydrogens (tertiary/aromatic N) is 1. The average Bonchev–Trinajstić information content (AvgIpc) is 2.68. The van der Waals surface area contributed by atoms with Gasteiger partial charge in [0, 0.05) is 10.5 Å². The zero-order valence-corrected chi connectivity index (χ0v) is 16.3. The molecule has 1 aliphatic heterocycles. The largest absolute Gasteiger partial charge is 0.493 e. The minimum Gasteiger partial charge on any atom is -0.493 e. The zero-order valence-electron chi connectivity index (χ0n) is 15.5. The molecule has 0 atom stereocenters. The van der Waals surface area contributed by atoms with Crippen molar-refractivity contribution < 1.29 is 18.9 Å². The van der Waals surface area contributed by atoms with Crippen molar-refractivity contribution in [3.8, 4) is 23.0 Å². The Labute approximate surface area is 158 Å². The molecule has 0 radical (unpaired) electrons. The van der Waals surface area contributed by atoms with Crippen LogP contribution in [0.5, 0.6) is 23.0 Å². The van der Waals surface area contributed by atoms with E-state index in [9.17, 15) is 0 Å². The second-order valence-electron chi connectivity index (χ2n) is 5.57. The third-order valence-corrected chi connectivity index (χ3v) is 5.11. The quantitative estimate of drug-likeness (QED) is 0.712. The van der Waals surface area contributed by atoms with Crippen molar-refractivity contribution in [2.75, 3.05) is 27.4 Å². The van der Waals surface area contributed by atoms with Gasteiger partial charge in [-0.25, -0.2) is 0 Å². The number of benzene rings is 2. The second kappa shape index (κ2) is 8.36. The highest BCUT2D eigenvalue weighted by atomic mass is 32.2. The summed E-state index contributed by atoms with van der Waals surface area (Å²) in [4.78, 5) is 5.87. The summed E-state index contributed by atoms with van der Waals surface area (Å²) in [5, 5.41) is 0.949. The van der Waals surface area contributed by atoms with E-state index in [1.54, 1.807) is 26.0 Å². The van der Waals surface area contributed by atoms with Crippen LogP contribution >= 0.6 is 11.8 Å². The van der Waals surface area contributed by atoms with Crippen LogP contribution in [0.1, 0.15) is 25.0 Å². The molecule has 2 aromatic rings. The molecule has 0 N–H and O–H groups in total. The van der Waals surface area contributed by atoms with Crippen LogP contribution in [0.2, 0.25) is 0 Å². The Bertz CT molecular complexity index is 820. The van der Waals surface area contributed by atoms with E-state index < -0.39 is 0 Å². The highest BCUT2D eigenvalue weighted by Crippen LogP contribution is 2.40. The van der Waals surface area contributed by atoms with Crippen LogP contribution < -0.4 is 18.9 Å². The van der Waals surface area contributed by atoms with Crippen molar-refractivity contribution in [2.45, 2.75) is 25.3 Å². The standard InChI is InChI=1S/C20H23NO4S/c1-5-24-17-10-14-12-21-20(26-19(14)11-18(17)25-6-2)13-7-8-15(22-3)16(9-13)23-4/h7-11H,5-6,12H2,1-4H3. The van der Waals surface area contributed by atoms with Gasteiger partial charge >= 0.3 is 0 Å². The molecule has 1 heterocycles. The first kappa shape index (κ1) is 18.5. The summed E-state index contributed by atoms with van der Waals surface area (Å²) < 4.78 is 22.2. The first-order valence-electron chi connectivity index (χ1n) is 8.57. The molecule has 0 aliphatic carbocycles. The molecule has 0 amide bonds. The molecule has 0 saturated carbocycles. The van der Waals surface area contributed by atoms with Gasteiger partial charge in [0.05, 0.1) is 34.0 Å². The Balaban J connectivity index is 1.91. The average molecular weight is 373 g/mol. The molecule has 0 saturated heterocycles. The van der Waals surface area contributed by atoms with E-state index >= 15 is 0 Å². The number of hydrogen-bond donors (Lipinski definition) is 0. The number of ether oxygens (including phenoxy) is 4. The van der Waals surface area contributed by atoms with Crippen molar-refractivity contribution >= 4 is 16.8 Å². The Morgan fingerprint density at radius 2 is 1.58 bits per heavy atom. The molecule has 0 unspecified atom stereocenters. The van der Waals surface area contributed by atoms with Crippen molar-refractivity contribution in [2.24, 2.45) is 4.99 Å². The van der Waals surface area contributed by atoms with Crippen LogP contribution in [0.25, 0.3) is 0 Å². The van der Waals surface area contributed by atoms with E-state index in [1.807, 2.05) is 44.2 Å². The van der Waals surface area contributed by atoms with Gasteiger partial charge in [0.25, 0.3) is 0 Å². The first-order chi connectivity index (χ1) is 12.7. The Kier molecular flexibility index (Phi) is 5.93. The lowest BCUT2D eigenvalue weighted by Crippen LogP contribution is -2.06. The third-order valence-electron chi connectivity index (χ3n) is 3.96. The fourth-order valence-corrected chi connectivity index (χ4v) is 3.75. The lowest BCUT2D eigenvalue weighted by atomic mass is 10.1. The molecule has 2 aromatic carbocycles. The lowest BCUT2D eigenvalue weighted by Gasteiger charge is -2.20. The van der Waals surface area contributed by atoms with Gasteiger partial charge < -0.3 is 18.9 Å². The summed E-state index contributed by atoms with van der Waals surface area (Å²) in [6.45, 7) is 5.75. The van der Waals surface area contributed by atoms with Crippen molar-refractivity contribution in [1.29, 1.82) is 0 Å². The number of rotatable bonds is 7. The molecule has 3 rings (SSSR count). The minimum absolute atomic E-state index is 0.597. The van der Waals surface area contributed by atoms with Gasteiger partial charge in [-0.15, -0.1) is 0 Å². The van der Waals surface area contributed by atoms with Crippen molar-refractivity contribution in [1.82, 2.24) is 0 Å². The zero-order chi connectivity index (χ0) is 18.5. The van der Waals surface area contributed by atoms with Crippen LogP contribution in [-0.4, -0.2) is 32.5 Å². The smallest absolute Gasteiger partial charge is 0.162 e. The fourth-order valence-electron chi connectivity index (χ4n) is 2.75. The molecule has 138 valence electrons. The van der Waals surface area contributed by atoms with Gasteiger partial charge in [-0.1, -0.05) is 11.8 Å². The van der Waals surface area contributed by atoms with Crippen LogP contribution in [0, 0.1) is 0 Å². The highest BCUT2D eigenvalue weighted by Gasteiger charge is 2.20. The maximum atomic E-state index is 5.75. The van der Waals surface area contributed by atoms with Crippen LogP contribution in [-0.2, 0) is 6.54 Å². The number of fused-ring (bicyclic) bond motifs is 1. The van der Waals surface area contributed by atoms with Gasteiger partial charge in [0.15, 0.2) is 23.0 Å². The van der Waals surface area contributed by atoms with E-state index in [-0.39, 0.29) is 0 Å². The van der Waals surface area contributed by atoms with E-state index in [0.29, 0.717) is 31.3 Å². The van der Waals surface area contributed by atoms with Crippen molar-refractivity contribution in [3.05, 3.63) is 41.5 Å². The molecule has 0 bridgehead atoms. The topological polar surface area (TPSA) is 49.3 Å². The van der Waals surface area contributed by atoms with Gasteiger partial charge in [-0.05, 0) is 49.7 Å². The molecule has 0 spiro atoms. The number of aliphatic imine (C=N–C) groups is 1. The predicted octanol–water partition coefficient (Wildman–Crippen LogP) is 4.55. The Hall–Kier alpha value is -2.34. The molecular formula is C20H23NO4S. The van der Waals surface area contributed by atoms with E-state index in [4.69, 9.17) is 23.9 Å². The molecule has 0 fully saturated rings. The molecule has 0 aromatic heterocycles. The number of hydrogen-bond acceptors (Lipinski definition) is 6. The summed E-state index contributed by atoms with van der Waals surface area (Å²) in [7, 11) is 3.27. The van der Waals surface area contributed by atoms with Gasteiger partial charge in [0.1, 0.15) is 5.04 Å². The van der Waals surface area contributed by atoms with Crippen LogP contribution in [0.4, 0.5) is 0 Å². The summed E-state index contributed by atoms with van der Waals surface area (Å²) in [5.41, 5.74) is 2.15. The summed E-state index contributed by atoms with van der Waals surface area (Å²) in [6, 6.07) is 9.93. The van der Waals surface area contributed by atoms with Gasteiger partial charge in [-0.3, -0.25) is 4.99 Å². The maximum Gasteiger partial charge on any atom is 0.162 e. The van der Waals surface area contributed by atoms with E-state index in [1.165, 1.54) is 0 Å². The van der Waals surface area contributed by atoms with Crippen LogP contribution in [0.3, 0.4) is 0 Å². The maximum absolute atomic E-state index is 5.75. The fraction of sp³-hybridized carbons (Fsp3) is 0.350. The summed E-state index contributed by atoms with van der Waals surface area (Å²) >= 11 is 1.63. The second-order valence-corrected chi connectivity index (χ2v) is 6.60. The number of methoxy groups -OCH3 is 2. The summed E-state index contributed by atoms with van der Waals surface area (Å²) in [5.74, 6) is 2.95. The first-order valence-corrected chi connectivity index (χ1v) is 9.39. The SMILES string of the molecule is CCOc1cc2c(cc1OCC)SC(c1ccc(OC)c(OC)c1)=NC2. The van der Waals surface area contributed by atoms with E-state index in [0.717, 1.165) is 32.6 Å². The summed E-state index contributed by atoms with van der Waals surface area (Å²) in [6.07, 6.45) is 0. The monoisotopic (exact) mass is 373 g/mol. The molecule has 6 heteroatoms. The third kappa shape index (κ3) is 3.75. The molecule has 5 nitrogen and oxygen atoms in total. The van der Waals surface area contributed by atoms with E-state index in [2.05, 4.69) is 0 Å². The lowest BCUT2D eigenvalue weighted by molar-refractivity contribution is 0.286. The van der Waals surface area contributed by atoms with Crippen LogP contribution in [0.15, 0.2) is 40.2 Å². The predicted molar refractivity (Wildman–Crippen MR) is 104 cm³/mol. The molecule has 26 heavy (non-hydrogen) atoms. The van der Waals surface area contributed by atoms with Gasteiger partial charge in [0.2, 0.25) is 0 Å². The van der Waals surface area contributed by atoms with Crippen molar-refractivity contribution in [3.63, 3.8) is 0 Å². The Morgan fingerprint density at radius 1 is 0.885 bits per heavy atom. The normalized spacial score (nSPS) is 12.8. The Morgan fingerprint density at radius 3 is 2.23 bits per heavy atom. The molecule has 1 aliphatic rings.